The predicted octanol–water partition coefficient (Wildman–Crippen LogP) is 1.82. The van der Waals surface area contributed by atoms with E-state index >= 15 is 0 Å². The maximum Gasteiger partial charge on any atom is 0.308 e. The van der Waals surface area contributed by atoms with Crippen molar-refractivity contribution in [2.24, 2.45) is 5.73 Å². The first kappa shape index (κ1) is 13.5. The van der Waals surface area contributed by atoms with Crippen LogP contribution >= 0.6 is 0 Å². The van der Waals surface area contributed by atoms with Gasteiger partial charge in [-0.25, -0.2) is 0 Å². The van der Waals surface area contributed by atoms with E-state index in [1.165, 1.54) is 6.92 Å². The van der Waals surface area contributed by atoms with Gasteiger partial charge in [-0.05, 0) is 43.5 Å². The number of esters is 1. The van der Waals surface area contributed by atoms with Crippen LogP contribution in [0.5, 0.6) is 11.5 Å². The zero-order valence-corrected chi connectivity index (χ0v) is 10.7. The maximum absolute atomic E-state index is 11.0. The molecule has 0 amide bonds. The predicted molar refractivity (Wildman–Crippen MR) is 66.4 cm³/mol. The molecule has 1 aromatic rings. The van der Waals surface area contributed by atoms with Crippen LogP contribution in [0.4, 0.5) is 0 Å². The van der Waals surface area contributed by atoms with Gasteiger partial charge < -0.3 is 15.2 Å². The third-order valence-corrected chi connectivity index (χ3v) is 2.37. The number of hydrogen-bond acceptors (Lipinski definition) is 4. The van der Waals surface area contributed by atoms with Crippen LogP contribution in [-0.2, 0) is 11.2 Å². The summed E-state index contributed by atoms with van der Waals surface area (Å²) in [7, 11) is 1.62. The molecule has 0 aliphatic rings. The highest BCUT2D eigenvalue weighted by molar-refractivity contribution is 5.70. The molecule has 4 heteroatoms. The SMILES string of the molecule is COc1cc(C)c(OC(C)=O)cc1CC(C)N. The summed E-state index contributed by atoms with van der Waals surface area (Å²) < 4.78 is 10.4. The Bertz CT molecular complexity index is 413. The van der Waals surface area contributed by atoms with Crippen molar-refractivity contribution < 1.29 is 14.3 Å². The summed E-state index contributed by atoms with van der Waals surface area (Å²) in [4.78, 5) is 11.0. The zero-order chi connectivity index (χ0) is 13.0. The molecule has 0 aliphatic carbocycles. The largest absolute Gasteiger partial charge is 0.496 e. The average Bonchev–Trinajstić information content (AvgIpc) is 2.21. The van der Waals surface area contributed by atoms with E-state index in [0.29, 0.717) is 12.2 Å². The minimum absolute atomic E-state index is 0.0248. The monoisotopic (exact) mass is 237 g/mol. The quantitative estimate of drug-likeness (QED) is 0.641. The highest BCUT2D eigenvalue weighted by Crippen LogP contribution is 2.29. The lowest BCUT2D eigenvalue weighted by atomic mass is 10.0. The van der Waals surface area contributed by atoms with E-state index in [1.54, 1.807) is 7.11 Å². The summed E-state index contributed by atoms with van der Waals surface area (Å²) in [5.74, 6) is 1.01. The lowest BCUT2D eigenvalue weighted by molar-refractivity contribution is -0.131. The van der Waals surface area contributed by atoms with E-state index in [-0.39, 0.29) is 12.0 Å². The number of benzene rings is 1. The van der Waals surface area contributed by atoms with E-state index < -0.39 is 0 Å². The topological polar surface area (TPSA) is 61.5 Å². The standard InChI is InChI=1S/C13H19NO3/c1-8-5-13(16-4)11(6-9(2)14)7-12(8)17-10(3)15/h5,7,9H,6,14H2,1-4H3. The minimum atomic E-state index is -0.329. The summed E-state index contributed by atoms with van der Waals surface area (Å²) in [5.41, 5.74) is 7.59. The summed E-state index contributed by atoms with van der Waals surface area (Å²) in [6, 6.07) is 3.70. The van der Waals surface area contributed by atoms with E-state index in [4.69, 9.17) is 15.2 Å². The van der Waals surface area contributed by atoms with Crippen LogP contribution in [0.3, 0.4) is 0 Å². The number of ether oxygens (including phenoxy) is 2. The van der Waals surface area contributed by atoms with Gasteiger partial charge >= 0.3 is 5.97 Å². The normalized spacial score (nSPS) is 12.1. The number of carbonyl (C=O) groups excluding carboxylic acids is 1. The van der Waals surface area contributed by atoms with Gasteiger partial charge in [0.05, 0.1) is 7.11 Å². The molecule has 0 spiro atoms. The first-order chi connectivity index (χ1) is 7.93. The van der Waals surface area contributed by atoms with Crippen molar-refractivity contribution in [1.82, 2.24) is 0 Å². The Hall–Kier alpha value is -1.55. The second-order valence-electron chi connectivity index (χ2n) is 4.20. The van der Waals surface area contributed by atoms with Gasteiger partial charge in [-0.3, -0.25) is 4.79 Å². The minimum Gasteiger partial charge on any atom is -0.496 e. The lowest BCUT2D eigenvalue weighted by Crippen LogP contribution is -2.18. The molecule has 1 unspecified atom stereocenters. The molecule has 0 saturated carbocycles. The van der Waals surface area contributed by atoms with Gasteiger partial charge in [0.15, 0.2) is 0 Å². The first-order valence-corrected chi connectivity index (χ1v) is 5.55. The summed E-state index contributed by atoms with van der Waals surface area (Å²) >= 11 is 0. The number of hydrogen-bond donors (Lipinski definition) is 1. The summed E-state index contributed by atoms with van der Waals surface area (Å²) in [5, 5.41) is 0. The van der Waals surface area contributed by atoms with Crippen molar-refractivity contribution in [3.8, 4) is 11.5 Å². The molecular weight excluding hydrogens is 218 g/mol. The Labute approximate surface area is 102 Å². The van der Waals surface area contributed by atoms with E-state index in [9.17, 15) is 4.79 Å². The van der Waals surface area contributed by atoms with Gasteiger partial charge in [0.1, 0.15) is 11.5 Å². The van der Waals surface area contributed by atoms with E-state index in [2.05, 4.69) is 0 Å². The average molecular weight is 237 g/mol. The number of nitrogens with two attached hydrogens (primary N) is 1. The van der Waals surface area contributed by atoms with Crippen molar-refractivity contribution in [3.05, 3.63) is 23.3 Å². The molecule has 0 aromatic heterocycles. The van der Waals surface area contributed by atoms with E-state index in [1.807, 2.05) is 26.0 Å². The molecular formula is C13H19NO3. The van der Waals surface area contributed by atoms with Gasteiger partial charge in [-0.2, -0.15) is 0 Å². The number of aryl methyl sites for hydroxylation is 1. The third kappa shape index (κ3) is 3.75. The highest BCUT2D eigenvalue weighted by atomic mass is 16.5. The highest BCUT2D eigenvalue weighted by Gasteiger charge is 2.11. The molecule has 4 nitrogen and oxygen atoms in total. The number of methoxy groups -OCH3 is 1. The molecule has 0 fully saturated rings. The van der Waals surface area contributed by atoms with Gasteiger partial charge in [0.25, 0.3) is 0 Å². The molecule has 0 bridgehead atoms. The van der Waals surface area contributed by atoms with E-state index in [0.717, 1.165) is 16.9 Å². The van der Waals surface area contributed by atoms with Crippen LogP contribution in [0.15, 0.2) is 12.1 Å². The second kappa shape index (κ2) is 5.68. The summed E-state index contributed by atoms with van der Waals surface area (Å²) in [6.07, 6.45) is 0.678. The Morgan fingerprint density at radius 3 is 2.53 bits per heavy atom. The third-order valence-electron chi connectivity index (χ3n) is 2.37. The molecule has 1 aromatic carbocycles. The van der Waals surface area contributed by atoms with Gasteiger partial charge in [0.2, 0.25) is 0 Å². The molecule has 2 N–H and O–H groups in total. The van der Waals surface area contributed by atoms with Crippen LogP contribution in [0, 0.1) is 6.92 Å². The van der Waals surface area contributed by atoms with Gasteiger partial charge in [0, 0.05) is 13.0 Å². The van der Waals surface area contributed by atoms with Crippen LogP contribution in [-0.4, -0.2) is 19.1 Å². The van der Waals surface area contributed by atoms with Crippen molar-refractivity contribution in [2.45, 2.75) is 33.2 Å². The van der Waals surface area contributed by atoms with Crippen molar-refractivity contribution >= 4 is 5.97 Å². The Morgan fingerprint density at radius 1 is 1.41 bits per heavy atom. The molecule has 94 valence electrons. The van der Waals surface area contributed by atoms with Gasteiger partial charge in [-0.1, -0.05) is 0 Å². The number of carbonyl (C=O) groups is 1. The summed E-state index contributed by atoms with van der Waals surface area (Å²) in [6.45, 7) is 5.18. The Kier molecular flexibility index (Phi) is 4.52. The molecule has 0 radical (unpaired) electrons. The number of rotatable bonds is 4. The maximum atomic E-state index is 11.0. The molecule has 0 saturated heterocycles. The van der Waals surface area contributed by atoms with Crippen LogP contribution in [0.1, 0.15) is 25.0 Å². The smallest absolute Gasteiger partial charge is 0.308 e. The molecule has 0 heterocycles. The van der Waals surface area contributed by atoms with Crippen LogP contribution < -0.4 is 15.2 Å². The van der Waals surface area contributed by atoms with Crippen molar-refractivity contribution in [3.63, 3.8) is 0 Å². The lowest BCUT2D eigenvalue weighted by Gasteiger charge is -2.14. The Balaban J connectivity index is 3.12. The molecule has 1 rings (SSSR count). The fraction of sp³-hybridized carbons (Fsp3) is 0.462. The first-order valence-electron chi connectivity index (χ1n) is 5.55. The van der Waals surface area contributed by atoms with Crippen LogP contribution in [0.2, 0.25) is 0 Å². The van der Waals surface area contributed by atoms with Crippen molar-refractivity contribution in [1.29, 1.82) is 0 Å². The molecule has 0 aliphatic heterocycles. The van der Waals surface area contributed by atoms with Crippen molar-refractivity contribution in [2.75, 3.05) is 7.11 Å². The molecule has 1 atom stereocenters. The Morgan fingerprint density at radius 2 is 2.06 bits per heavy atom. The fourth-order valence-corrected chi connectivity index (χ4v) is 1.66. The molecule has 17 heavy (non-hydrogen) atoms. The second-order valence-corrected chi connectivity index (χ2v) is 4.20. The van der Waals surface area contributed by atoms with Crippen LogP contribution in [0.25, 0.3) is 0 Å². The van der Waals surface area contributed by atoms with Gasteiger partial charge in [-0.15, -0.1) is 0 Å². The zero-order valence-electron chi connectivity index (χ0n) is 10.7. The fourth-order valence-electron chi connectivity index (χ4n) is 1.66.